The second-order valence-electron chi connectivity index (χ2n) is 18.3. The second-order valence-corrected chi connectivity index (χ2v) is 21.5. The van der Waals surface area contributed by atoms with Crippen LogP contribution in [0.25, 0.3) is 6.08 Å². The molecular weight excluding hydrogens is 1070 g/mol. The standard InChI is InChI=1S/C63H49ClN6O6S3/c1-74-50-35-32-42(33-36-50)38-75-60(73)55-43(34-37-52-56(64)65-41-79-52)39-77-59-54(58(72)70(55)59)67-57(71)53(69-76-63(47-26-14-5-15-27-47,48-28-16-6-17-29-48)49-30-18-7-19-31-49)51-40-78-61(66-51)68-62(44-20-8-2-9-21-44,45-22-10-3-11-23-45)46-24-12-4-13-25-46/h2-37,40-41,54,59H,38-39H2,1H3,(H,66,68)(H,67,71)/t54?,59-/m0/s1. The van der Waals surface area contributed by atoms with Gasteiger partial charge in [0.25, 0.3) is 11.8 Å². The predicted octanol–water partition coefficient (Wildman–Crippen LogP) is 12.5. The van der Waals surface area contributed by atoms with Gasteiger partial charge in [-0.3, -0.25) is 14.5 Å². The van der Waals surface area contributed by atoms with E-state index in [9.17, 15) is 9.59 Å². The number of hydrogen-bond donors (Lipinski definition) is 2. The first-order valence-electron chi connectivity index (χ1n) is 25.2. The van der Waals surface area contributed by atoms with Gasteiger partial charge in [0.2, 0.25) is 5.60 Å². The van der Waals surface area contributed by atoms with E-state index in [1.165, 1.54) is 39.3 Å². The number of halogens is 1. The summed E-state index contributed by atoms with van der Waals surface area (Å²) in [4.78, 5) is 62.8. The maximum atomic E-state index is 15.4. The number of nitrogens with zero attached hydrogens (tertiary/aromatic N) is 4. The number of hydrogen-bond acceptors (Lipinski definition) is 13. The summed E-state index contributed by atoms with van der Waals surface area (Å²) in [6, 6.07) is 65.6. The Hall–Kier alpha value is -8.60. The first-order chi connectivity index (χ1) is 38.8. The lowest BCUT2D eigenvalue weighted by Crippen LogP contribution is -2.71. The molecule has 16 heteroatoms. The average Bonchev–Trinajstić information content (AvgIpc) is 4.30. The van der Waals surface area contributed by atoms with E-state index >= 15 is 4.79 Å². The van der Waals surface area contributed by atoms with Gasteiger partial charge in [0.05, 0.1) is 17.5 Å². The highest BCUT2D eigenvalue weighted by Gasteiger charge is 2.55. The van der Waals surface area contributed by atoms with Crippen LogP contribution in [-0.2, 0) is 41.7 Å². The zero-order valence-corrected chi connectivity index (χ0v) is 45.6. The average molecular weight is 1120 g/mol. The summed E-state index contributed by atoms with van der Waals surface area (Å²) >= 11 is 10.4. The molecule has 79 heavy (non-hydrogen) atoms. The minimum Gasteiger partial charge on any atom is -0.497 e. The second kappa shape index (κ2) is 23.6. The molecule has 4 heterocycles. The van der Waals surface area contributed by atoms with E-state index in [4.69, 9.17) is 36.1 Å². The van der Waals surface area contributed by atoms with Gasteiger partial charge >= 0.3 is 5.97 Å². The summed E-state index contributed by atoms with van der Waals surface area (Å²) in [6.07, 6.45) is 3.52. The zero-order valence-electron chi connectivity index (χ0n) is 42.3. The Bertz CT molecular complexity index is 3490. The molecule has 0 saturated carbocycles. The van der Waals surface area contributed by atoms with E-state index in [-0.39, 0.29) is 23.7 Å². The van der Waals surface area contributed by atoms with Gasteiger partial charge in [0.1, 0.15) is 45.9 Å². The summed E-state index contributed by atoms with van der Waals surface area (Å²) in [6.45, 7) is -0.0616. The van der Waals surface area contributed by atoms with Crippen LogP contribution in [0.3, 0.4) is 0 Å². The number of anilines is 1. The molecule has 392 valence electrons. The number of benzene rings is 7. The summed E-state index contributed by atoms with van der Waals surface area (Å²) in [5.41, 5.74) is 5.75. The number of carbonyl (C=O) groups is 3. The summed E-state index contributed by atoms with van der Waals surface area (Å²) in [7, 11) is 1.57. The highest BCUT2D eigenvalue weighted by atomic mass is 35.5. The molecule has 9 aromatic rings. The van der Waals surface area contributed by atoms with Crippen LogP contribution in [0.5, 0.6) is 5.75 Å². The zero-order chi connectivity index (χ0) is 54.2. The number of rotatable bonds is 19. The van der Waals surface area contributed by atoms with E-state index in [1.807, 2.05) is 146 Å². The minimum atomic E-state index is -1.38. The molecule has 0 aliphatic carbocycles. The third-order valence-electron chi connectivity index (χ3n) is 13.7. The Morgan fingerprint density at radius 3 is 1.72 bits per heavy atom. The molecule has 1 unspecified atom stereocenters. The number of ether oxygens (including phenoxy) is 2. The van der Waals surface area contributed by atoms with Crippen molar-refractivity contribution in [3.05, 3.63) is 289 Å². The van der Waals surface area contributed by atoms with Crippen LogP contribution >= 0.6 is 46.0 Å². The van der Waals surface area contributed by atoms with Gasteiger partial charge in [-0.25, -0.2) is 14.8 Å². The lowest BCUT2D eigenvalue weighted by atomic mass is 9.77. The molecule has 1 saturated heterocycles. The fraction of sp³-hybridized carbons (Fsp3) is 0.111. The fourth-order valence-corrected chi connectivity index (χ4v) is 12.8. The molecule has 12 nitrogen and oxygen atoms in total. The Labute approximate surface area is 474 Å². The van der Waals surface area contributed by atoms with Crippen molar-refractivity contribution in [2.45, 2.75) is 29.2 Å². The SMILES string of the molecule is COc1ccc(COC(=O)C2=C(C=Cc3scnc3Cl)CS[C@H]3C(NC(=O)C(=NOC(c4ccccc4)(c4ccccc4)c4ccccc4)c4csc(NC(c5ccccc5)(c5ccccc5)c5ccccc5)n4)C(=O)N23)cc1. The highest BCUT2D eigenvalue weighted by Crippen LogP contribution is 2.44. The number of fused-ring (bicyclic) bond motifs is 1. The van der Waals surface area contributed by atoms with Gasteiger partial charge in [-0.05, 0) is 46.0 Å². The monoisotopic (exact) mass is 1120 g/mol. The minimum absolute atomic E-state index is 0.0616. The number of carbonyl (C=O) groups excluding carboxylic acids is 3. The van der Waals surface area contributed by atoms with Crippen LogP contribution < -0.4 is 15.4 Å². The van der Waals surface area contributed by atoms with Gasteiger partial charge in [-0.1, -0.05) is 217 Å². The molecule has 7 aromatic carbocycles. The van der Waals surface area contributed by atoms with Crippen LogP contribution in [0, 0.1) is 0 Å². The maximum Gasteiger partial charge on any atom is 0.355 e. The Balaban J connectivity index is 0.982. The molecule has 2 amide bonds. The molecular formula is C63H49ClN6O6S3. The van der Waals surface area contributed by atoms with Crippen molar-refractivity contribution in [2.24, 2.45) is 5.16 Å². The first kappa shape index (κ1) is 52.5. The van der Waals surface area contributed by atoms with Crippen molar-refractivity contribution < 1.29 is 28.7 Å². The molecule has 0 spiro atoms. The van der Waals surface area contributed by atoms with Crippen molar-refractivity contribution in [1.29, 1.82) is 0 Å². The lowest BCUT2D eigenvalue weighted by Gasteiger charge is -2.49. The number of oxime groups is 1. The van der Waals surface area contributed by atoms with Crippen molar-refractivity contribution in [2.75, 3.05) is 18.2 Å². The van der Waals surface area contributed by atoms with Crippen molar-refractivity contribution >= 4 is 80.7 Å². The van der Waals surface area contributed by atoms with E-state index in [0.29, 0.717) is 32.2 Å². The molecule has 1 fully saturated rings. The van der Waals surface area contributed by atoms with E-state index in [0.717, 1.165) is 38.9 Å². The summed E-state index contributed by atoms with van der Waals surface area (Å²) in [5, 5.41) is 13.6. The predicted molar refractivity (Wildman–Crippen MR) is 313 cm³/mol. The van der Waals surface area contributed by atoms with Crippen LogP contribution in [0.15, 0.2) is 240 Å². The van der Waals surface area contributed by atoms with Crippen LogP contribution in [-0.4, -0.2) is 62.6 Å². The molecule has 2 atom stereocenters. The normalized spacial score (nSPS) is 15.5. The van der Waals surface area contributed by atoms with Gasteiger partial charge in [-0.15, -0.1) is 34.4 Å². The third kappa shape index (κ3) is 10.6. The third-order valence-corrected chi connectivity index (χ3v) is 17.0. The fourth-order valence-electron chi connectivity index (χ4n) is 9.81. The molecule has 2 N–H and O–H groups in total. The van der Waals surface area contributed by atoms with Gasteiger partial charge in [0.15, 0.2) is 10.8 Å². The van der Waals surface area contributed by atoms with Crippen molar-refractivity contribution in [1.82, 2.24) is 20.2 Å². The largest absolute Gasteiger partial charge is 0.497 e. The molecule has 2 aliphatic heterocycles. The van der Waals surface area contributed by atoms with Gasteiger partial charge < -0.3 is 24.9 Å². The van der Waals surface area contributed by atoms with Crippen LogP contribution in [0.4, 0.5) is 5.13 Å². The van der Waals surface area contributed by atoms with Crippen LogP contribution in [0.2, 0.25) is 5.15 Å². The quantitative estimate of drug-likeness (QED) is 0.0264. The van der Waals surface area contributed by atoms with E-state index in [2.05, 4.69) is 52.0 Å². The molecule has 0 radical (unpaired) electrons. The number of methoxy groups -OCH3 is 1. The lowest BCUT2D eigenvalue weighted by molar-refractivity contribution is -0.153. The van der Waals surface area contributed by atoms with Crippen molar-refractivity contribution in [3.63, 3.8) is 0 Å². The number of nitrogens with one attached hydrogen (secondary N) is 2. The number of allylic oxidation sites excluding steroid dienone is 1. The van der Waals surface area contributed by atoms with Crippen molar-refractivity contribution in [3.8, 4) is 5.75 Å². The number of aromatic nitrogens is 2. The van der Waals surface area contributed by atoms with E-state index < -0.39 is 40.3 Å². The van der Waals surface area contributed by atoms with E-state index in [1.54, 1.807) is 54.4 Å². The number of thiazole rings is 2. The molecule has 2 aliphatic rings. The smallest absolute Gasteiger partial charge is 0.355 e. The Morgan fingerprint density at radius 1 is 0.709 bits per heavy atom. The Morgan fingerprint density at radius 2 is 1.23 bits per heavy atom. The van der Waals surface area contributed by atoms with Gasteiger partial charge in [0, 0.05) is 27.8 Å². The topological polar surface area (TPSA) is 144 Å². The molecule has 2 aromatic heterocycles. The Kier molecular flexibility index (Phi) is 15.6. The first-order valence-corrected chi connectivity index (χ1v) is 28.3. The number of thioether (sulfide) groups is 1. The highest BCUT2D eigenvalue weighted by molar-refractivity contribution is 8.00. The number of esters is 1. The maximum absolute atomic E-state index is 15.4. The number of amides is 2. The summed E-state index contributed by atoms with van der Waals surface area (Å²) < 4.78 is 11.2. The van der Waals surface area contributed by atoms with Crippen LogP contribution in [0.1, 0.15) is 49.5 Å². The van der Waals surface area contributed by atoms with Gasteiger partial charge in [-0.2, -0.15) is 0 Å². The number of β-lactam (4-membered cyclic amide) rings is 1. The summed E-state index contributed by atoms with van der Waals surface area (Å²) in [5.74, 6) is -0.994. The molecule has 0 bridgehead atoms. The molecule has 11 rings (SSSR count).